The van der Waals surface area contributed by atoms with Crippen LogP contribution in [0, 0.1) is 17.8 Å². The largest absolute Gasteiger partial charge is 0.376 e. The number of allylic oxidation sites excluding steroid dienone is 4. The Balaban J connectivity index is 1.53. The second-order valence-electron chi connectivity index (χ2n) is 4.94. The number of hydrogen-bond acceptors (Lipinski definition) is 2. The predicted molar refractivity (Wildman–Crippen MR) is 69.9 cm³/mol. The van der Waals surface area contributed by atoms with Crippen molar-refractivity contribution in [2.24, 2.45) is 17.8 Å². The highest BCUT2D eigenvalue weighted by Gasteiger charge is 2.38. The highest BCUT2D eigenvalue weighted by Crippen LogP contribution is 2.42. The van der Waals surface area contributed by atoms with Crippen molar-refractivity contribution in [2.45, 2.75) is 6.61 Å². The normalized spacial score (nSPS) is 28.4. The molecule has 18 heavy (non-hydrogen) atoms. The molecule has 2 heteroatoms. The highest BCUT2D eigenvalue weighted by molar-refractivity contribution is 5.77. The predicted octanol–water partition coefficient (Wildman–Crippen LogP) is 2.76. The van der Waals surface area contributed by atoms with Crippen LogP contribution in [-0.4, -0.2) is 12.9 Å². The molecular weight excluding hydrogens is 224 g/mol. The molecule has 3 atom stereocenters. The second-order valence-corrected chi connectivity index (χ2v) is 4.94. The first-order valence-corrected chi connectivity index (χ1v) is 6.35. The summed E-state index contributed by atoms with van der Waals surface area (Å²) in [5.41, 5.74) is 2.12. The zero-order valence-electron chi connectivity index (χ0n) is 10.2. The monoisotopic (exact) mass is 240 g/mol. The quantitative estimate of drug-likeness (QED) is 0.584. The summed E-state index contributed by atoms with van der Waals surface area (Å²) >= 11 is 0. The molecule has 0 N–H and O–H groups in total. The van der Waals surface area contributed by atoms with Crippen LogP contribution in [0.15, 0.2) is 54.1 Å². The number of aldehydes is 1. The smallest absolute Gasteiger partial charge is 0.146 e. The van der Waals surface area contributed by atoms with Gasteiger partial charge in [-0.1, -0.05) is 48.6 Å². The zero-order valence-corrected chi connectivity index (χ0v) is 10.2. The van der Waals surface area contributed by atoms with E-state index in [1.54, 1.807) is 0 Å². The van der Waals surface area contributed by atoms with Gasteiger partial charge in [0.25, 0.3) is 0 Å². The molecule has 0 saturated heterocycles. The summed E-state index contributed by atoms with van der Waals surface area (Å²) in [7, 11) is 0. The molecule has 0 aromatic heterocycles. The maximum atomic E-state index is 10.9. The molecule has 1 aromatic carbocycles. The first-order valence-electron chi connectivity index (χ1n) is 6.35. The van der Waals surface area contributed by atoms with E-state index in [0.29, 0.717) is 25.0 Å². The van der Waals surface area contributed by atoms with E-state index in [1.807, 2.05) is 18.2 Å². The van der Waals surface area contributed by atoms with Gasteiger partial charge in [0, 0.05) is 17.8 Å². The van der Waals surface area contributed by atoms with Gasteiger partial charge in [-0.15, -0.1) is 0 Å². The molecule has 3 rings (SSSR count). The third-order valence-corrected chi connectivity index (χ3v) is 3.82. The highest BCUT2D eigenvalue weighted by atomic mass is 16.5. The minimum Gasteiger partial charge on any atom is -0.376 e. The van der Waals surface area contributed by atoms with Crippen LogP contribution >= 0.6 is 0 Å². The van der Waals surface area contributed by atoms with Crippen LogP contribution in [0.2, 0.25) is 0 Å². The van der Waals surface area contributed by atoms with Gasteiger partial charge in [0.15, 0.2) is 0 Å². The Morgan fingerprint density at radius 2 is 2.00 bits per heavy atom. The molecule has 1 aromatic rings. The van der Waals surface area contributed by atoms with E-state index in [1.165, 1.54) is 5.56 Å². The second kappa shape index (κ2) is 4.91. The molecule has 0 radical (unpaired) electrons. The fraction of sp³-hybridized carbons (Fsp3) is 0.312. The summed E-state index contributed by atoms with van der Waals surface area (Å²) in [5.74, 6) is 1.10. The number of carbonyl (C=O) groups excluding carboxylic acids is 1. The van der Waals surface area contributed by atoms with Gasteiger partial charge in [-0.25, -0.2) is 0 Å². The van der Waals surface area contributed by atoms with E-state index in [-0.39, 0.29) is 5.92 Å². The molecular formula is C16H16O2. The van der Waals surface area contributed by atoms with Crippen molar-refractivity contribution in [1.29, 1.82) is 0 Å². The van der Waals surface area contributed by atoms with Crippen LogP contribution in [0.1, 0.15) is 5.56 Å². The summed E-state index contributed by atoms with van der Waals surface area (Å²) in [5, 5.41) is 0. The number of carbonyl (C=O) groups is 1. The van der Waals surface area contributed by atoms with Crippen LogP contribution in [-0.2, 0) is 16.1 Å². The Bertz CT molecular complexity index is 487. The molecule has 0 unspecified atom stereocenters. The maximum Gasteiger partial charge on any atom is 0.146 e. The SMILES string of the molecule is O=CC1=C[C@H]2C=C[C@H]1[C@H]2COCc1ccccc1. The van der Waals surface area contributed by atoms with Crippen molar-refractivity contribution >= 4 is 6.29 Å². The molecule has 2 bridgehead atoms. The van der Waals surface area contributed by atoms with E-state index in [2.05, 4.69) is 30.4 Å². The molecule has 92 valence electrons. The lowest BCUT2D eigenvalue weighted by atomic mass is 9.94. The summed E-state index contributed by atoms with van der Waals surface area (Å²) in [4.78, 5) is 10.9. The molecule has 0 saturated carbocycles. The van der Waals surface area contributed by atoms with Crippen molar-refractivity contribution in [1.82, 2.24) is 0 Å². The van der Waals surface area contributed by atoms with Crippen molar-refractivity contribution in [3.05, 3.63) is 59.7 Å². The summed E-state index contributed by atoms with van der Waals surface area (Å²) in [6, 6.07) is 10.2. The molecule has 0 heterocycles. The zero-order chi connectivity index (χ0) is 12.4. The van der Waals surface area contributed by atoms with Crippen LogP contribution < -0.4 is 0 Å². The Hall–Kier alpha value is -1.67. The van der Waals surface area contributed by atoms with Crippen LogP contribution in [0.4, 0.5) is 0 Å². The van der Waals surface area contributed by atoms with Gasteiger partial charge in [-0.05, 0) is 11.1 Å². The molecule has 2 aliphatic rings. The standard InChI is InChI=1S/C16H16O2/c17-9-14-8-13-6-7-15(14)16(13)11-18-10-12-4-2-1-3-5-12/h1-9,13,15-16H,10-11H2/t13-,15-,16+/m1/s1. The first kappa shape index (κ1) is 11.4. The van der Waals surface area contributed by atoms with Crippen LogP contribution in [0.3, 0.4) is 0 Å². The molecule has 2 aliphatic carbocycles. The number of fused-ring (bicyclic) bond motifs is 2. The van der Waals surface area contributed by atoms with Crippen molar-refractivity contribution < 1.29 is 9.53 Å². The van der Waals surface area contributed by atoms with Gasteiger partial charge in [0.2, 0.25) is 0 Å². The van der Waals surface area contributed by atoms with Crippen LogP contribution in [0.5, 0.6) is 0 Å². The molecule has 2 nitrogen and oxygen atoms in total. The van der Waals surface area contributed by atoms with E-state index in [0.717, 1.165) is 11.9 Å². The maximum absolute atomic E-state index is 10.9. The van der Waals surface area contributed by atoms with Crippen molar-refractivity contribution in [3.63, 3.8) is 0 Å². The van der Waals surface area contributed by atoms with Crippen molar-refractivity contribution in [2.75, 3.05) is 6.61 Å². The van der Waals surface area contributed by atoms with Gasteiger partial charge in [-0.2, -0.15) is 0 Å². The fourth-order valence-corrected chi connectivity index (χ4v) is 2.86. The number of hydrogen-bond donors (Lipinski definition) is 0. The van der Waals surface area contributed by atoms with E-state index in [9.17, 15) is 4.79 Å². The lowest BCUT2D eigenvalue weighted by Gasteiger charge is -2.17. The number of rotatable bonds is 5. The van der Waals surface area contributed by atoms with Gasteiger partial charge in [0.05, 0.1) is 13.2 Å². The third-order valence-electron chi connectivity index (χ3n) is 3.82. The Morgan fingerprint density at radius 1 is 1.17 bits per heavy atom. The topological polar surface area (TPSA) is 26.3 Å². The van der Waals surface area contributed by atoms with Gasteiger partial charge < -0.3 is 4.74 Å². The Kier molecular flexibility index (Phi) is 3.11. The van der Waals surface area contributed by atoms with E-state index in [4.69, 9.17) is 4.74 Å². The third kappa shape index (κ3) is 2.04. The fourth-order valence-electron chi connectivity index (χ4n) is 2.86. The Labute approximate surface area is 107 Å². The number of ether oxygens (including phenoxy) is 1. The average molecular weight is 240 g/mol. The first-order chi connectivity index (χ1) is 8.88. The Morgan fingerprint density at radius 3 is 2.72 bits per heavy atom. The molecule has 0 amide bonds. The molecule has 0 spiro atoms. The summed E-state index contributed by atoms with van der Waals surface area (Å²) in [6.45, 7) is 1.36. The van der Waals surface area contributed by atoms with E-state index < -0.39 is 0 Å². The van der Waals surface area contributed by atoms with Gasteiger partial charge in [-0.3, -0.25) is 4.79 Å². The summed E-state index contributed by atoms with van der Waals surface area (Å²) < 4.78 is 5.79. The lowest BCUT2D eigenvalue weighted by Crippen LogP contribution is -2.17. The number of benzene rings is 1. The average Bonchev–Trinajstić information content (AvgIpc) is 2.97. The van der Waals surface area contributed by atoms with Crippen LogP contribution in [0.25, 0.3) is 0 Å². The molecule has 0 aliphatic heterocycles. The summed E-state index contributed by atoms with van der Waals surface area (Å²) in [6.07, 6.45) is 7.39. The van der Waals surface area contributed by atoms with Crippen molar-refractivity contribution in [3.8, 4) is 0 Å². The van der Waals surface area contributed by atoms with Gasteiger partial charge in [0.1, 0.15) is 6.29 Å². The molecule has 0 fully saturated rings. The van der Waals surface area contributed by atoms with Gasteiger partial charge >= 0.3 is 0 Å². The minimum absolute atomic E-state index is 0.281. The minimum atomic E-state index is 0.281. The lowest BCUT2D eigenvalue weighted by molar-refractivity contribution is -0.105. The van der Waals surface area contributed by atoms with E-state index >= 15 is 0 Å².